The van der Waals surface area contributed by atoms with E-state index >= 15 is 0 Å². The number of carboxylic acids is 2. The Morgan fingerprint density at radius 2 is 0.800 bits per heavy atom. The molecule has 1 fully saturated rings. The minimum atomic E-state index is -2.87. The average Bonchev–Trinajstić information content (AvgIpc) is 3.11. The molecule has 22 heteroatoms. The molecule has 20 nitrogen and oxygen atoms in total. The highest BCUT2D eigenvalue weighted by molar-refractivity contribution is 6.60. The summed E-state index contributed by atoms with van der Waals surface area (Å²) < 4.78 is 65.3. The van der Waals surface area contributed by atoms with E-state index in [1.54, 1.807) is 0 Å². The maximum atomic E-state index is 13.1. The molecule has 2 amide bonds. The maximum absolute atomic E-state index is 13.1. The lowest BCUT2D eigenvalue weighted by Crippen LogP contribution is -2.50. The second kappa shape index (κ2) is 25.7. The van der Waals surface area contributed by atoms with Gasteiger partial charge in [0.15, 0.2) is 24.4 Å². The van der Waals surface area contributed by atoms with Crippen LogP contribution in [0.2, 0.25) is 12.1 Å². The van der Waals surface area contributed by atoms with Crippen LogP contribution < -0.4 is 10.6 Å². The molecule has 0 aromatic rings. The van der Waals surface area contributed by atoms with Crippen LogP contribution in [0.3, 0.4) is 0 Å². The van der Waals surface area contributed by atoms with E-state index in [4.69, 9.17) is 55.0 Å². The van der Waals surface area contributed by atoms with Crippen LogP contribution in [0.1, 0.15) is 12.8 Å². The largest absolute Gasteiger partial charge is 0.500 e. The molecule has 0 aliphatic carbocycles. The van der Waals surface area contributed by atoms with E-state index in [9.17, 15) is 29.4 Å². The molecule has 1 heterocycles. The number of nitrogens with one attached hydrogen (secondary N) is 2. The summed E-state index contributed by atoms with van der Waals surface area (Å²) in [5.74, 6) is -4.32. The van der Waals surface area contributed by atoms with Crippen molar-refractivity contribution in [1.29, 1.82) is 0 Å². The number of aliphatic carboxylic acids is 2. The third-order valence-corrected chi connectivity index (χ3v) is 13.1. The van der Waals surface area contributed by atoms with Gasteiger partial charge in [-0.1, -0.05) is 0 Å². The minimum absolute atomic E-state index is 0.112. The van der Waals surface area contributed by atoms with Crippen molar-refractivity contribution in [2.24, 2.45) is 0 Å². The molecule has 0 bridgehead atoms. The summed E-state index contributed by atoms with van der Waals surface area (Å²) in [6, 6.07) is 0.791. The predicted octanol–water partition coefficient (Wildman–Crippen LogP) is -1.49. The molecule has 0 saturated carbocycles. The Labute approximate surface area is 294 Å². The molecule has 0 aromatic carbocycles. The highest BCUT2D eigenvalue weighted by Crippen LogP contribution is 2.16. The normalized spacial score (nSPS) is 22.5. The number of carboxylic acid groups (broad SMARTS) is 2. The van der Waals surface area contributed by atoms with E-state index in [0.29, 0.717) is 24.9 Å². The molecule has 0 aromatic heterocycles. The third kappa shape index (κ3) is 16.0. The molecule has 4 atom stereocenters. The van der Waals surface area contributed by atoms with E-state index in [1.807, 2.05) is 0 Å². The monoisotopic (exact) mass is 762 g/mol. The molecule has 0 spiro atoms. The van der Waals surface area contributed by atoms with Crippen LogP contribution in [0.5, 0.6) is 0 Å². The molecule has 0 unspecified atom stereocenters. The molecular formula is C28H54N2O18Si2. The first kappa shape index (κ1) is 45.9. The number of rotatable bonds is 18. The van der Waals surface area contributed by atoms with E-state index in [1.165, 1.54) is 42.7 Å². The smallest absolute Gasteiger partial charge is 0.479 e. The highest BCUT2D eigenvalue weighted by atomic mass is 28.4. The van der Waals surface area contributed by atoms with Crippen LogP contribution in [-0.4, -0.2) is 185 Å². The van der Waals surface area contributed by atoms with Gasteiger partial charge in [-0.25, -0.2) is 9.59 Å². The van der Waals surface area contributed by atoms with Gasteiger partial charge in [-0.3, -0.25) is 9.59 Å². The Morgan fingerprint density at radius 3 is 1.06 bits per heavy atom. The summed E-state index contributed by atoms with van der Waals surface area (Å²) in [4.78, 5) is 50.3. The van der Waals surface area contributed by atoms with Crippen molar-refractivity contribution in [3.05, 3.63) is 0 Å². The first-order valence-corrected chi connectivity index (χ1v) is 19.8. The van der Waals surface area contributed by atoms with Gasteiger partial charge in [-0.15, -0.1) is 0 Å². The molecular weight excluding hydrogens is 708 g/mol. The van der Waals surface area contributed by atoms with E-state index in [0.717, 1.165) is 0 Å². The van der Waals surface area contributed by atoms with Gasteiger partial charge in [0.2, 0.25) is 0 Å². The number of ether oxygens (including phenoxy) is 6. The van der Waals surface area contributed by atoms with Gasteiger partial charge < -0.3 is 75.8 Å². The predicted molar refractivity (Wildman–Crippen MR) is 174 cm³/mol. The van der Waals surface area contributed by atoms with Crippen LogP contribution >= 0.6 is 0 Å². The standard InChI is InChI=1S/C28H54N2O18Si2/c1-37-49(38-2,39-3)19-7-9-29-25(31)21-23(27(33)34)47-17-13-44-12-16-46-22(24(28(35)36)48-18-14-43-11-15-45-21)26(32)30-10-8-20-50(40-4,41-5)42-6/h21-24H,7-20H2,1-6H3,(H,29,31)(H,30,32)(H,33,34)(H,35,36)/t21-,22-,23-,24-/m1/s1. The summed E-state index contributed by atoms with van der Waals surface area (Å²) in [5.41, 5.74) is 0. The number of amides is 2. The summed E-state index contributed by atoms with van der Waals surface area (Å²) in [6.45, 7) is -1.10. The van der Waals surface area contributed by atoms with Crippen LogP contribution in [0, 0.1) is 0 Å². The molecule has 1 aliphatic rings. The Hall–Kier alpha value is -2.17. The van der Waals surface area contributed by atoms with Gasteiger partial charge in [0.1, 0.15) is 0 Å². The fourth-order valence-electron chi connectivity index (χ4n) is 4.66. The molecule has 50 heavy (non-hydrogen) atoms. The van der Waals surface area contributed by atoms with Gasteiger partial charge in [0.25, 0.3) is 11.8 Å². The molecule has 1 saturated heterocycles. The quantitative estimate of drug-likeness (QED) is 0.0918. The van der Waals surface area contributed by atoms with Crippen molar-refractivity contribution in [1.82, 2.24) is 10.6 Å². The molecule has 292 valence electrons. The fraction of sp³-hybridized carbons (Fsp3) is 0.857. The molecule has 1 rings (SSSR count). The SMILES string of the molecule is CO[Si](CCCNC(=O)[C@@H]1OCCOCCO[C@@H](C(=O)O)[C@H](C(=O)NCCC[Si](OC)(OC)OC)OCCOCCO[C@H]1C(=O)O)(OC)OC. The van der Waals surface area contributed by atoms with Gasteiger partial charge in [0.05, 0.1) is 52.9 Å². The van der Waals surface area contributed by atoms with Gasteiger partial charge in [-0.05, 0) is 12.8 Å². The Balaban J connectivity index is 2.87. The highest BCUT2D eigenvalue weighted by Gasteiger charge is 2.40. The van der Waals surface area contributed by atoms with E-state index < -0.39 is 65.8 Å². The average molecular weight is 763 g/mol. The first-order chi connectivity index (χ1) is 24.0. The zero-order valence-corrected chi connectivity index (χ0v) is 31.6. The summed E-state index contributed by atoms with van der Waals surface area (Å²) >= 11 is 0. The van der Waals surface area contributed by atoms with E-state index in [2.05, 4.69) is 10.6 Å². The number of carbonyl (C=O) groups excluding carboxylic acids is 2. The zero-order chi connectivity index (χ0) is 37.4. The lowest BCUT2D eigenvalue weighted by atomic mass is 10.2. The second-order valence-corrected chi connectivity index (χ2v) is 16.6. The van der Waals surface area contributed by atoms with Crippen LogP contribution in [0.25, 0.3) is 0 Å². The Kier molecular flexibility index (Phi) is 23.6. The van der Waals surface area contributed by atoms with Gasteiger partial charge >= 0.3 is 29.5 Å². The van der Waals surface area contributed by atoms with Crippen molar-refractivity contribution >= 4 is 41.4 Å². The Bertz CT molecular complexity index is 898. The zero-order valence-electron chi connectivity index (χ0n) is 29.6. The van der Waals surface area contributed by atoms with Crippen molar-refractivity contribution in [3.8, 4) is 0 Å². The minimum Gasteiger partial charge on any atom is -0.479 e. The van der Waals surface area contributed by atoms with Crippen LogP contribution in [-0.2, 0) is 74.2 Å². The maximum Gasteiger partial charge on any atom is 0.500 e. The first-order valence-electron chi connectivity index (χ1n) is 15.9. The topological polar surface area (TPSA) is 244 Å². The lowest BCUT2D eigenvalue weighted by Gasteiger charge is -2.26. The van der Waals surface area contributed by atoms with Crippen molar-refractivity contribution in [2.75, 3.05) is 109 Å². The number of carbonyl (C=O) groups is 4. The molecule has 1 aliphatic heterocycles. The van der Waals surface area contributed by atoms with Crippen LogP contribution in [0.15, 0.2) is 0 Å². The number of hydrogen-bond donors (Lipinski definition) is 4. The van der Waals surface area contributed by atoms with Crippen molar-refractivity contribution in [3.63, 3.8) is 0 Å². The molecule has 0 radical (unpaired) electrons. The number of hydrogen-bond acceptors (Lipinski definition) is 16. The second-order valence-electron chi connectivity index (χ2n) is 10.4. The summed E-state index contributed by atoms with van der Waals surface area (Å²) in [7, 11) is 3.08. The third-order valence-electron chi connectivity index (χ3n) is 7.44. The van der Waals surface area contributed by atoms with E-state index in [-0.39, 0.29) is 65.9 Å². The van der Waals surface area contributed by atoms with Gasteiger partial charge in [0, 0.05) is 67.8 Å². The fourth-order valence-corrected chi connectivity index (χ4v) is 8.11. The van der Waals surface area contributed by atoms with Crippen LogP contribution in [0.4, 0.5) is 0 Å². The summed E-state index contributed by atoms with van der Waals surface area (Å²) in [5, 5.41) is 25.0. The molecule has 4 N–H and O–H groups in total. The Morgan fingerprint density at radius 1 is 0.520 bits per heavy atom. The lowest BCUT2D eigenvalue weighted by molar-refractivity contribution is -0.175. The summed E-state index contributed by atoms with van der Waals surface area (Å²) in [6.07, 6.45) is -5.63. The van der Waals surface area contributed by atoms with Gasteiger partial charge in [-0.2, -0.15) is 0 Å². The van der Waals surface area contributed by atoms with Crippen molar-refractivity contribution in [2.45, 2.75) is 49.3 Å². The van der Waals surface area contributed by atoms with Crippen molar-refractivity contribution < 1.29 is 84.4 Å².